The predicted octanol–water partition coefficient (Wildman–Crippen LogP) is 1.98. The Morgan fingerprint density at radius 3 is 2.00 bits per heavy atom. The number of methoxy groups -OCH3 is 2. The van der Waals surface area contributed by atoms with Crippen LogP contribution in [0.5, 0.6) is 0 Å². The molecule has 0 heterocycles. The Bertz CT molecular complexity index is 121. The van der Waals surface area contributed by atoms with Crippen LogP contribution in [0.4, 0.5) is 0 Å². The minimum atomic E-state index is 0.0160. The van der Waals surface area contributed by atoms with E-state index in [0.29, 0.717) is 0 Å². The lowest BCUT2D eigenvalue weighted by atomic mass is 10.1. The molecule has 0 aromatic rings. The second kappa shape index (κ2) is 12.2. The Balaban J connectivity index is 3.04. The van der Waals surface area contributed by atoms with Crippen molar-refractivity contribution in [3.05, 3.63) is 0 Å². The minimum absolute atomic E-state index is 0.0160. The normalized spacial score (nSPS) is 11.2. The lowest BCUT2D eigenvalue weighted by Crippen LogP contribution is -2.20. The van der Waals surface area contributed by atoms with E-state index in [0.717, 1.165) is 16.1 Å². The summed E-state index contributed by atoms with van der Waals surface area (Å²) in [5.41, 5.74) is 5.43. The van der Waals surface area contributed by atoms with Crippen molar-refractivity contribution in [3.8, 4) is 0 Å². The molecule has 0 aliphatic carbocycles. The van der Waals surface area contributed by atoms with Gasteiger partial charge >= 0.3 is 0 Å². The third kappa shape index (κ3) is 10.4. The van der Waals surface area contributed by atoms with E-state index >= 15 is 0 Å². The molecular formula is C11H25NO2Si. The fraction of sp³-hybridized carbons (Fsp3) is 1.00. The van der Waals surface area contributed by atoms with Crippen LogP contribution in [0.15, 0.2) is 0 Å². The second-order valence-corrected chi connectivity index (χ2v) is 5.05. The van der Waals surface area contributed by atoms with Gasteiger partial charge in [0.1, 0.15) is 15.4 Å². The molecule has 0 amide bonds. The monoisotopic (exact) mass is 231 g/mol. The van der Waals surface area contributed by atoms with Gasteiger partial charge in [0.2, 0.25) is 0 Å². The number of hydrogen-bond donors (Lipinski definition) is 1. The maximum absolute atomic E-state index is 5.43. The largest absolute Gasteiger partial charge is 0.360 e. The molecule has 0 fully saturated rings. The van der Waals surface area contributed by atoms with E-state index < -0.39 is 0 Å². The first-order valence-electron chi connectivity index (χ1n) is 5.84. The Kier molecular flexibility index (Phi) is 12.2. The second-order valence-electron chi connectivity index (χ2n) is 3.67. The van der Waals surface area contributed by atoms with Crippen molar-refractivity contribution in [2.75, 3.05) is 20.8 Å². The maximum atomic E-state index is 5.43. The van der Waals surface area contributed by atoms with Crippen LogP contribution in [0.2, 0.25) is 6.04 Å². The average Bonchev–Trinajstić information content (AvgIpc) is 2.27. The molecular weight excluding hydrogens is 206 g/mol. The lowest BCUT2D eigenvalue weighted by Gasteiger charge is -2.11. The Morgan fingerprint density at radius 1 is 0.933 bits per heavy atom. The molecule has 4 heteroatoms. The van der Waals surface area contributed by atoms with E-state index in [4.69, 9.17) is 15.2 Å². The van der Waals surface area contributed by atoms with Gasteiger partial charge in [-0.1, -0.05) is 38.1 Å². The van der Waals surface area contributed by atoms with Crippen LogP contribution >= 0.6 is 0 Å². The van der Waals surface area contributed by atoms with Gasteiger partial charge in [0.05, 0.1) is 0 Å². The topological polar surface area (TPSA) is 44.5 Å². The van der Waals surface area contributed by atoms with Gasteiger partial charge in [-0.3, -0.25) is 0 Å². The summed E-state index contributed by atoms with van der Waals surface area (Å²) in [5.74, 6) is 0.0160. The molecule has 0 bridgehead atoms. The highest BCUT2D eigenvalue weighted by atomic mass is 28.2. The molecule has 3 nitrogen and oxygen atoms in total. The summed E-state index contributed by atoms with van der Waals surface area (Å²) in [4.78, 5) is 0. The van der Waals surface area contributed by atoms with Crippen molar-refractivity contribution in [3.63, 3.8) is 0 Å². The van der Waals surface area contributed by atoms with Crippen molar-refractivity contribution in [1.29, 1.82) is 0 Å². The third-order valence-electron chi connectivity index (χ3n) is 2.37. The zero-order chi connectivity index (χ0) is 11.4. The van der Waals surface area contributed by atoms with E-state index in [9.17, 15) is 0 Å². The number of rotatable bonds is 11. The molecule has 90 valence electrons. The molecule has 0 saturated heterocycles. The van der Waals surface area contributed by atoms with Gasteiger partial charge in [0.15, 0.2) is 0 Å². The van der Waals surface area contributed by atoms with Gasteiger partial charge in [-0.2, -0.15) is 0 Å². The SMILES string of the molecule is COC(OC)[Si]CCCCCCCCN. The number of ether oxygens (including phenoxy) is 2. The minimum Gasteiger partial charge on any atom is -0.360 e. The smallest absolute Gasteiger partial charge is 0.136 e. The van der Waals surface area contributed by atoms with E-state index in [1.165, 1.54) is 44.6 Å². The van der Waals surface area contributed by atoms with E-state index in [-0.39, 0.29) is 5.91 Å². The first kappa shape index (κ1) is 15.1. The van der Waals surface area contributed by atoms with Gasteiger partial charge in [-0.15, -0.1) is 0 Å². The maximum Gasteiger partial charge on any atom is 0.136 e. The molecule has 0 aromatic carbocycles. The van der Waals surface area contributed by atoms with Crippen LogP contribution in [-0.4, -0.2) is 36.2 Å². The summed E-state index contributed by atoms with van der Waals surface area (Å²) >= 11 is 0. The standard InChI is InChI=1S/C11H25NO2Si/c1-13-11(14-2)15-10-8-6-4-3-5-7-9-12/h11H,3-10,12H2,1-2H3. The van der Waals surface area contributed by atoms with Gasteiger partial charge < -0.3 is 15.2 Å². The molecule has 0 rings (SSSR count). The molecule has 15 heavy (non-hydrogen) atoms. The van der Waals surface area contributed by atoms with Crippen molar-refractivity contribution < 1.29 is 9.47 Å². The molecule has 0 aliphatic rings. The zero-order valence-corrected chi connectivity index (χ0v) is 11.1. The van der Waals surface area contributed by atoms with Crippen molar-refractivity contribution in [1.82, 2.24) is 0 Å². The van der Waals surface area contributed by atoms with E-state index in [2.05, 4.69) is 0 Å². The summed E-state index contributed by atoms with van der Waals surface area (Å²) < 4.78 is 10.3. The van der Waals surface area contributed by atoms with Crippen LogP contribution in [0.3, 0.4) is 0 Å². The molecule has 0 aromatic heterocycles. The van der Waals surface area contributed by atoms with Gasteiger partial charge in [0, 0.05) is 14.2 Å². The van der Waals surface area contributed by atoms with Gasteiger partial charge in [-0.05, 0) is 13.0 Å². The summed E-state index contributed by atoms with van der Waals surface area (Å²) in [6.45, 7) is 0.838. The zero-order valence-electron chi connectivity index (χ0n) is 10.1. The van der Waals surface area contributed by atoms with Gasteiger partial charge in [0.25, 0.3) is 0 Å². The molecule has 0 spiro atoms. The number of hydrogen-bond acceptors (Lipinski definition) is 3. The summed E-state index contributed by atoms with van der Waals surface area (Å²) in [6.07, 6.45) is 7.77. The molecule has 0 unspecified atom stereocenters. The Hall–Kier alpha value is 0.0969. The van der Waals surface area contributed by atoms with Crippen LogP contribution in [0.25, 0.3) is 0 Å². The average molecular weight is 231 g/mol. The van der Waals surface area contributed by atoms with Crippen molar-refractivity contribution >= 4 is 9.52 Å². The van der Waals surface area contributed by atoms with Gasteiger partial charge in [-0.25, -0.2) is 0 Å². The van der Waals surface area contributed by atoms with Crippen LogP contribution < -0.4 is 5.73 Å². The summed E-state index contributed by atoms with van der Waals surface area (Å²) in [6, 6.07) is 1.23. The number of unbranched alkanes of at least 4 members (excludes halogenated alkanes) is 5. The van der Waals surface area contributed by atoms with E-state index in [1.807, 2.05) is 0 Å². The Morgan fingerprint density at radius 2 is 1.47 bits per heavy atom. The highest BCUT2D eigenvalue weighted by molar-refractivity contribution is 6.36. The summed E-state index contributed by atoms with van der Waals surface area (Å²) in [5, 5.41) is 0. The van der Waals surface area contributed by atoms with Crippen LogP contribution in [-0.2, 0) is 9.47 Å². The first-order chi connectivity index (χ1) is 7.35. The van der Waals surface area contributed by atoms with Crippen molar-refractivity contribution in [2.45, 2.75) is 50.5 Å². The Labute approximate surface area is 96.5 Å². The summed E-state index contributed by atoms with van der Waals surface area (Å²) in [7, 11) is 4.18. The molecule has 0 atom stereocenters. The molecule has 2 N–H and O–H groups in total. The van der Waals surface area contributed by atoms with Crippen LogP contribution in [0.1, 0.15) is 38.5 Å². The quantitative estimate of drug-likeness (QED) is 0.336. The predicted molar refractivity (Wildman–Crippen MR) is 65.1 cm³/mol. The fourth-order valence-electron chi connectivity index (χ4n) is 1.46. The van der Waals surface area contributed by atoms with Crippen molar-refractivity contribution in [2.24, 2.45) is 5.73 Å². The molecule has 0 aliphatic heterocycles. The highest BCUT2D eigenvalue weighted by Gasteiger charge is 2.04. The molecule has 2 radical (unpaired) electrons. The van der Waals surface area contributed by atoms with Crippen LogP contribution in [0, 0.1) is 0 Å². The lowest BCUT2D eigenvalue weighted by molar-refractivity contribution is -0.0441. The van der Waals surface area contributed by atoms with E-state index in [1.54, 1.807) is 14.2 Å². The highest BCUT2D eigenvalue weighted by Crippen LogP contribution is 2.07. The first-order valence-corrected chi connectivity index (χ1v) is 7.12. The molecule has 0 saturated carbocycles. The third-order valence-corrected chi connectivity index (χ3v) is 3.82. The fourth-order valence-corrected chi connectivity index (χ4v) is 2.48. The number of nitrogens with two attached hydrogens (primary N) is 1.